The maximum absolute atomic E-state index is 14.6. The number of carbonyl (C=O) groups excluding carboxylic acids is 9. The number of amides is 7. The topological polar surface area (TPSA) is 239 Å². The zero-order valence-electron chi connectivity index (χ0n) is 39.4. The molecule has 0 radical (unpaired) electrons. The molecule has 3 saturated heterocycles. The molecule has 4 fully saturated rings. The fourth-order valence-corrected chi connectivity index (χ4v) is 8.77. The summed E-state index contributed by atoms with van der Waals surface area (Å²) in [6.07, 6.45) is 7.81. The van der Waals surface area contributed by atoms with Gasteiger partial charge in [0.25, 0.3) is 0 Å². The third-order valence-electron chi connectivity index (χ3n) is 12.3. The van der Waals surface area contributed by atoms with Gasteiger partial charge >= 0.3 is 18.0 Å². The first-order chi connectivity index (χ1) is 32.2. The average Bonchev–Trinajstić information content (AvgIpc) is 3.98. The molecule has 4 N–H and O–H groups in total. The number of fused-ring (bicyclic) bond motifs is 2. The molecule has 0 aromatic heterocycles. The molecule has 374 valence electrons. The van der Waals surface area contributed by atoms with Crippen LogP contribution in [-0.2, 0) is 59.0 Å². The van der Waals surface area contributed by atoms with Gasteiger partial charge in [0.2, 0.25) is 35.4 Å². The highest BCUT2D eigenvalue weighted by Crippen LogP contribution is 2.26. The standard InChI is InChI=1S/C47H65F2N7O12/c1-28-42(61)56-21-11-15-36(56)45(64)67-26-34(53-40(59)33(24-30-22-31(48)25-32(49)23-30)52-38(57)18-17-29-12-7-6-8-13-29)43(62)55-20-10-14-35(55)44(63)54(5)37(41(60)51-28)27-66-39(58)16-9-19-50-46(65)68-47(2,3)4/h17-18,22-23,25,28-29,33-37H,6-16,19-21,24,26-27H2,1-5H3,(H,50,65)(H,51,60)(H,52,57)(H,53,59)/t28-,33-,34-,35-,36-,37-/m0/s1. The van der Waals surface area contributed by atoms with Gasteiger partial charge in [-0.2, -0.15) is 0 Å². The highest BCUT2D eigenvalue weighted by atomic mass is 19.1. The summed E-state index contributed by atoms with van der Waals surface area (Å²) in [5, 5.41) is 10.3. The number of alkyl carbamates (subject to hydrolysis) is 1. The normalized spacial score (nSPS) is 23.9. The van der Waals surface area contributed by atoms with Crippen molar-refractivity contribution < 1.29 is 66.1 Å². The minimum atomic E-state index is -1.67. The maximum Gasteiger partial charge on any atom is 0.407 e. The number of likely N-dealkylation sites (N-methyl/N-ethyl adjacent to an activating group) is 1. The Morgan fingerprint density at radius 1 is 0.882 bits per heavy atom. The summed E-state index contributed by atoms with van der Waals surface area (Å²) in [6.45, 7) is 5.28. The number of nitrogens with one attached hydrogen (secondary N) is 4. The molecule has 4 aliphatic rings. The van der Waals surface area contributed by atoms with E-state index in [4.69, 9.17) is 14.2 Å². The third kappa shape index (κ3) is 15.2. The van der Waals surface area contributed by atoms with Crippen molar-refractivity contribution in [2.75, 3.05) is 39.9 Å². The van der Waals surface area contributed by atoms with Crippen LogP contribution in [0.25, 0.3) is 0 Å². The molecule has 3 aliphatic heterocycles. The summed E-state index contributed by atoms with van der Waals surface area (Å²) in [6, 6.07) is -5.60. The first-order valence-corrected chi connectivity index (χ1v) is 23.4. The van der Waals surface area contributed by atoms with Crippen LogP contribution in [0.5, 0.6) is 0 Å². The first kappa shape index (κ1) is 52.8. The van der Waals surface area contributed by atoms with Crippen LogP contribution in [0.4, 0.5) is 13.6 Å². The Bertz CT molecular complexity index is 2060. The van der Waals surface area contributed by atoms with E-state index < -0.39 is 127 Å². The van der Waals surface area contributed by atoms with Crippen LogP contribution in [0, 0.1) is 17.6 Å². The molecule has 0 unspecified atom stereocenters. The third-order valence-corrected chi connectivity index (χ3v) is 12.3. The van der Waals surface area contributed by atoms with Crippen LogP contribution >= 0.6 is 0 Å². The van der Waals surface area contributed by atoms with Crippen molar-refractivity contribution in [3.05, 3.63) is 47.5 Å². The van der Waals surface area contributed by atoms with Crippen LogP contribution in [0.1, 0.15) is 104 Å². The van der Waals surface area contributed by atoms with Gasteiger partial charge in [0, 0.05) is 45.6 Å². The van der Waals surface area contributed by atoms with Crippen molar-refractivity contribution in [3.8, 4) is 0 Å². The minimum Gasteiger partial charge on any atom is -0.463 e. The van der Waals surface area contributed by atoms with Crippen LogP contribution in [0.15, 0.2) is 30.4 Å². The van der Waals surface area contributed by atoms with Gasteiger partial charge in [-0.15, -0.1) is 0 Å². The Kier molecular flexibility index (Phi) is 18.8. The van der Waals surface area contributed by atoms with Crippen LogP contribution in [0.2, 0.25) is 0 Å². The molecule has 3 heterocycles. The lowest BCUT2D eigenvalue weighted by atomic mass is 9.89. The number of halogens is 2. The summed E-state index contributed by atoms with van der Waals surface area (Å²) in [5.74, 6) is -8.12. The average molecular weight is 958 g/mol. The van der Waals surface area contributed by atoms with Crippen molar-refractivity contribution in [2.45, 2.75) is 147 Å². The quantitative estimate of drug-likeness (QED) is 0.0965. The van der Waals surface area contributed by atoms with E-state index in [0.29, 0.717) is 18.9 Å². The van der Waals surface area contributed by atoms with Crippen LogP contribution in [0.3, 0.4) is 0 Å². The predicted octanol–water partition coefficient (Wildman–Crippen LogP) is 2.33. The van der Waals surface area contributed by atoms with Gasteiger partial charge in [0.1, 0.15) is 66.7 Å². The van der Waals surface area contributed by atoms with E-state index in [1.807, 2.05) is 0 Å². The SMILES string of the molecule is C[C@@H]1NC(=O)[C@H](COC(=O)CCCNC(=O)OC(C)(C)C)N(C)C(=O)[C@@H]2CCCN2C(=O)[C@@H](NC(=O)[C@H](Cc2cc(F)cc(F)c2)NC(=O)C=CC2CCCCC2)COC(=O)[C@@H]2CCCN2C1=O. The maximum atomic E-state index is 14.6. The molecule has 1 aromatic carbocycles. The molecule has 1 saturated carbocycles. The van der Waals surface area contributed by atoms with E-state index in [0.717, 1.165) is 49.1 Å². The summed E-state index contributed by atoms with van der Waals surface area (Å²) < 4.78 is 45.0. The highest BCUT2D eigenvalue weighted by molar-refractivity contribution is 5.98. The Morgan fingerprint density at radius 2 is 1.53 bits per heavy atom. The lowest BCUT2D eigenvalue weighted by molar-refractivity contribution is -0.158. The second-order valence-electron chi connectivity index (χ2n) is 18.8. The van der Waals surface area contributed by atoms with E-state index in [9.17, 15) is 51.9 Å². The zero-order chi connectivity index (χ0) is 49.7. The second-order valence-corrected chi connectivity index (χ2v) is 18.8. The number of carbonyl (C=O) groups is 9. The molecule has 68 heavy (non-hydrogen) atoms. The van der Waals surface area contributed by atoms with Gasteiger partial charge in [0.05, 0.1) is 0 Å². The number of hydrogen-bond donors (Lipinski definition) is 4. The zero-order valence-corrected chi connectivity index (χ0v) is 39.4. The van der Waals surface area contributed by atoms with Gasteiger partial charge in [-0.25, -0.2) is 18.4 Å². The molecule has 5 rings (SSSR count). The smallest absolute Gasteiger partial charge is 0.407 e. The lowest BCUT2D eigenvalue weighted by Crippen LogP contribution is -2.61. The van der Waals surface area contributed by atoms with Crippen LogP contribution in [-0.4, -0.2) is 150 Å². The Morgan fingerprint density at radius 3 is 2.19 bits per heavy atom. The molecule has 6 atom stereocenters. The monoisotopic (exact) mass is 957 g/mol. The molecule has 0 spiro atoms. The molecule has 21 heteroatoms. The van der Waals surface area contributed by atoms with Gasteiger partial charge in [-0.1, -0.05) is 25.3 Å². The van der Waals surface area contributed by atoms with Crippen molar-refractivity contribution >= 4 is 53.5 Å². The second kappa shape index (κ2) is 24.2. The number of nitrogens with zero attached hydrogens (tertiary/aromatic N) is 3. The molecule has 1 aromatic rings. The number of ether oxygens (including phenoxy) is 3. The number of esters is 2. The molecular weight excluding hydrogens is 893 g/mol. The molecule has 7 amide bonds. The first-order valence-electron chi connectivity index (χ1n) is 23.4. The lowest BCUT2D eigenvalue weighted by Gasteiger charge is -2.35. The van der Waals surface area contributed by atoms with Crippen LogP contribution < -0.4 is 21.3 Å². The van der Waals surface area contributed by atoms with E-state index in [2.05, 4.69) is 21.3 Å². The van der Waals surface area contributed by atoms with Gasteiger partial charge in [-0.3, -0.25) is 33.6 Å². The van der Waals surface area contributed by atoms with Crippen molar-refractivity contribution in [2.24, 2.45) is 5.92 Å². The Hall–Kier alpha value is -6.15. The Balaban J connectivity index is 1.39. The number of hydrogen-bond acceptors (Lipinski definition) is 12. The number of cyclic esters (lactones) is 1. The fraction of sp³-hybridized carbons (Fsp3) is 0.638. The predicted molar refractivity (Wildman–Crippen MR) is 239 cm³/mol. The summed E-state index contributed by atoms with van der Waals surface area (Å²) in [7, 11) is 1.28. The van der Waals surface area contributed by atoms with Gasteiger partial charge in [-0.05, 0) is 102 Å². The highest BCUT2D eigenvalue weighted by Gasteiger charge is 2.44. The largest absolute Gasteiger partial charge is 0.463 e. The Labute approximate surface area is 394 Å². The van der Waals surface area contributed by atoms with E-state index in [1.54, 1.807) is 26.8 Å². The number of rotatable bonds is 13. The molecule has 0 bridgehead atoms. The molecule has 1 aliphatic carbocycles. The summed E-state index contributed by atoms with van der Waals surface area (Å²) in [5.41, 5.74) is -0.712. The van der Waals surface area contributed by atoms with Crippen molar-refractivity contribution in [3.63, 3.8) is 0 Å². The van der Waals surface area contributed by atoms with E-state index in [1.165, 1.54) is 29.8 Å². The minimum absolute atomic E-state index is 0.00318. The number of allylic oxidation sites excluding steroid dienone is 1. The fourth-order valence-electron chi connectivity index (χ4n) is 8.77. The summed E-state index contributed by atoms with van der Waals surface area (Å²) in [4.78, 5) is 126. The van der Waals surface area contributed by atoms with Gasteiger partial charge in [0.15, 0.2) is 0 Å². The van der Waals surface area contributed by atoms with E-state index in [-0.39, 0.29) is 56.8 Å². The van der Waals surface area contributed by atoms with Crippen molar-refractivity contribution in [1.29, 1.82) is 0 Å². The number of benzene rings is 1. The van der Waals surface area contributed by atoms with Crippen molar-refractivity contribution in [1.82, 2.24) is 36.0 Å². The van der Waals surface area contributed by atoms with Gasteiger partial charge < -0.3 is 50.2 Å². The molecule has 19 nitrogen and oxygen atoms in total. The molecular formula is C47H65F2N7O12. The summed E-state index contributed by atoms with van der Waals surface area (Å²) >= 11 is 0. The van der Waals surface area contributed by atoms with E-state index >= 15 is 0 Å².